The molecule has 1 heterocycles. The zero-order valence-corrected chi connectivity index (χ0v) is 16.3. The van der Waals surface area contributed by atoms with Gasteiger partial charge in [-0.2, -0.15) is 0 Å². The van der Waals surface area contributed by atoms with Gasteiger partial charge in [-0.05, 0) is 37.9 Å². The van der Waals surface area contributed by atoms with Crippen LogP contribution in [0.1, 0.15) is 58.8 Å². The van der Waals surface area contributed by atoms with Gasteiger partial charge in [-0.3, -0.25) is 5.32 Å². The van der Waals surface area contributed by atoms with Crippen LogP contribution in [0.4, 0.5) is 10.5 Å². The average Bonchev–Trinajstić information content (AvgIpc) is 2.65. The summed E-state index contributed by atoms with van der Waals surface area (Å²) in [6, 6.07) is 7.52. The number of hydrogen-bond acceptors (Lipinski definition) is 4. The van der Waals surface area contributed by atoms with E-state index in [-0.39, 0.29) is 12.2 Å². The fraction of sp³-hybridized carbons (Fsp3) is 0.667. The number of carbonyl (C=O) groups excluding carboxylic acids is 1. The number of ether oxygens (including phenoxy) is 2. The molecule has 0 saturated carbocycles. The molecule has 2 rings (SSSR count). The highest BCUT2D eigenvalue weighted by molar-refractivity contribution is 5.84. The van der Waals surface area contributed by atoms with Crippen molar-refractivity contribution in [1.82, 2.24) is 4.90 Å². The monoisotopic (exact) mass is 362 g/mol. The predicted octanol–water partition coefficient (Wildman–Crippen LogP) is 5.07. The van der Waals surface area contributed by atoms with Crippen LogP contribution in [0, 0.1) is 0 Å². The van der Waals surface area contributed by atoms with E-state index in [9.17, 15) is 4.79 Å². The van der Waals surface area contributed by atoms with Gasteiger partial charge in [-0.25, -0.2) is 4.79 Å². The number of benzene rings is 1. The Morgan fingerprint density at radius 1 is 1.15 bits per heavy atom. The minimum absolute atomic E-state index is 0.0142. The summed E-state index contributed by atoms with van der Waals surface area (Å²) in [5.41, 5.74) is 0.712. The number of piperidine rings is 1. The molecular formula is C21H34N2O3. The number of anilines is 1. The van der Waals surface area contributed by atoms with E-state index in [1.807, 2.05) is 24.3 Å². The molecule has 1 aliphatic rings. The summed E-state index contributed by atoms with van der Waals surface area (Å²) >= 11 is 0. The highest BCUT2D eigenvalue weighted by atomic mass is 16.6. The molecular weight excluding hydrogens is 328 g/mol. The Morgan fingerprint density at radius 3 is 2.65 bits per heavy atom. The summed E-state index contributed by atoms with van der Waals surface area (Å²) < 4.78 is 11.3. The van der Waals surface area contributed by atoms with Gasteiger partial charge in [-0.15, -0.1) is 0 Å². The lowest BCUT2D eigenvalue weighted by Gasteiger charge is -2.30. The van der Waals surface area contributed by atoms with E-state index >= 15 is 0 Å². The zero-order chi connectivity index (χ0) is 18.6. The fourth-order valence-electron chi connectivity index (χ4n) is 3.20. The molecule has 146 valence electrons. The first-order chi connectivity index (χ1) is 12.7. The summed E-state index contributed by atoms with van der Waals surface area (Å²) in [5, 5.41) is 2.82. The van der Waals surface area contributed by atoms with E-state index in [0.717, 1.165) is 44.6 Å². The van der Waals surface area contributed by atoms with Gasteiger partial charge < -0.3 is 14.4 Å². The first kappa shape index (κ1) is 20.6. The maximum Gasteiger partial charge on any atom is 0.411 e. The molecule has 5 heteroatoms. The minimum atomic E-state index is -0.378. The lowest BCUT2D eigenvalue weighted by molar-refractivity contribution is 0.0606. The van der Waals surface area contributed by atoms with Gasteiger partial charge in [0.15, 0.2) is 0 Å². The van der Waals surface area contributed by atoms with Gasteiger partial charge >= 0.3 is 6.09 Å². The Kier molecular flexibility index (Phi) is 9.32. The topological polar surface area (TPSA) is 50.8 Å². The maximum atomic E-state index is 12.1. The molecule has 1 saturated heterocycles. The first-order valence-electron chi connectivity index (χ1n) is 10.1. The van der Waals surface area contributed by atoms with Crippen molar-refractivity contribution in [2.45, 2.75) is 64.9 Å². The molecule has 1 N–H and O–H groups in total. The van der Waals surface area contributed by atoms with E-state index in [1.54, 1.807) is 0 Å². The molecule has 1 aliphatic heterocycles. The number of rotatable bonds is 10. The summed E-state index contributed by atoms with van der Waals surface area (Å²) in [7, 11) is 0. The second kappa shape index (κ2) is 11.8. The smallest absolute Gasteiger partial charge is 0.411 e. The van der Waals surface area contributed by atoms with Gasteiger partial charge in [0.05, 0.1) is 6.61 Å². The average molecular weight is 363 g/mol. The molecule has 1 fully saturated rings. The third-order valence-corrected chi connectivity index (χ3v) is 4.85. The molecule has 0 radical (unpaired) electrons. The van der Waals surface area contributed by atoms with Gasteiger partial charge in [0.25, 0.3) is 0 Å². The third-order valence-electron chi connectivity index (χ3n) is 4.85. The Hall–Kier alpha value is -1.75. The summed E-state index contributed by atoms with van der Waals surface area (Å²) in [6.07, 6.45) is 7.53. The van der Waals surface area contributed by atoms with Crippen LogP contribution in [0.25, 0.3) is 0 Å². The number of hydrogen-bond donors (Lipinski definition) is 1. The summed E-state index contributed by atoms with van der Waals surface area (Å²) in [4.78, 5) is 14.5. The van der Waals surface area contributed by atoms with Crippen molar-refractivity contribution in [3.05, 3.63) is 24.3 Å². The number of amides is 1. The Bertz CT molecular complexity index is 528. The molecule has 0 aliphatic carbocycles. The largest absolute Gasteiger partial charge is 0.494 e. The molecule has 0 bridgehead atoms. The molecule has 0 unspecified atom stereocenters. The van der Waals surface area contributed by atoms with Gasteiger partial charge in [-0.1, -0.05) is 45.6 Å². The van der Waals surface area contributed by atoms with Crippen molar-refractivity contribution in [1.29, 1.82) is 0 Å². The van der Waals surface area contributed by atoms with Crippen LogP contribution in [0.2, 0.25) is 0 Å². The van der Waals surface area contributed by atoms with Crippen molar-refractivity contribution in [3.63, 3.8) is 0 Å². The first-order valence-corrected chi connectivity index (χ1v) is 10.1. The van der Waals surface area contributed by atoms with Crippen molar-refractivity contribution in [2.24, 2.45) is 0 Å². The lowest BCUT2D eigenvalue weighted by atomic mass is 10.1. The number of nitrogens with zero attached hydrogens (tertiary/aromatic N) is 1. The third kappa shape index (κ3) is 7.65. The van der Waals surface area contributed by atoms with Crippen LogP contribution in [-0.2, 0) is 4.74 Å². The van der Waals surface area contributed by atoms with E-state index in [4.69, 9.17) is 9.47 Å². The highest BCUT2D eigenvalue weighted by Gasteiger charge is 2.21. The second-order valence-corrected chi connectivity index (χ2v) is 6.95. The second-order valence-electron chi connectivity index (χ2n) is 6.95. The number of likely N-dealkylation sites (tertiary alicyclic amines) is 1. The van der Waals surface area contributed by atoms with Crippen molar-refractivity contribution in [2.75, 3.05) is 31.6 Å². The van der Waals surface area contributed by atoms with Gasteiger partial charge in [0.2, 0.25) is 0 Å². The maximum absolute atomic E-state index is 12.1. The summed E-state index contributed by atoms with van der Waals surface area (Å²) in [5.74, 6) is 0.787. The molecule has 0 spiro atoms. The normalized spacial score (nSPS) is 15.6. The predicted molar refractivity (Wildman–Crippen MR) is 106 cm³/mol. The Morgan fingerprint density at radius 2 is 1.92 bits per heavy atom. The highest BCUT2D eigenvalue weighted by Crippen LogP contribution is 2.19. The quantitative estimate of drug-likeness (QED) is 0.591. The molecule has 1 amide bonds. The number of unbranched alkanes of at least 4 members (excludes halogenated alkanes) is 4. The lowest BCUT2D eigenvalue weighted by Crippen LogP contribution is -2.38. The Balaban J connectivity index is 1.69. The molecule has 26 heavy (non-hydrogen) atoms. The van der Waals surface area contributed by atoms with E-state index in [2.05, 4.69) is 24.1 Å². The van der Waals surface area contributed by atoms with E-state index in [0.29, 0.717) is 12.3 Å². The van der Waals surface area contributed by atoms with Gasteiger partial charge in [0, 0.05) is 24.8 Å². The number of carbonyl (C=O) groups is 1. The zero-order valence-electron chi connectivity index (χ0n) is 16.3. The van der Waals surface area contributed by atoms with E-state index < -0.39 is 0 Å². The molecule has 1 aromatic carbocycles. The SMILES string of the molecule is CCCCCCCOc1cccc(NC(=O)OC2CCN(CC)CC2)c1. The Labute approximate surface area is 158 Å². The van der Waals surface area contributed by atoms with Crippen molar-refractivity contribution >= 4 is 11.8 Å². The molecule has 5 nitrogen and oxygen atoms in total. The van der Waals surface area contributed by atoms with Crippen LogP contribution in [0.15, 0.2) is 24.3 Å². The van der Waals surface area contributed by atoms with E-state index in [1.165, 1.54) is 25.7 Å². The van der Waals surface area contributed by atoms with Crippen molar-refractivity contribution in [3.8, 4) is 5.75 Å². The van der Waals surface area contributed by atoms with Crippen molar-refractivity contribution < 1.29 is 14.3 Å². The van der Waals surface area contributed by atoms with Crippen LogP contribution in [0.5, 0.6) is 5.75 Å². The molecule has 0 aromatic heterocycles. The number of nitrogens with one attached hydrogen (secondary N) is 1. The standard InChI is InChI=1S/C21H34N2O3/c1-3-5-6-7-8-16-25-20-11-9-10-18(17-20)22-21(24)26-19-12-14-23(4-2)15-13-19/h9-11,17,19H,3-8,12-16H2,1-2H3,(H,22,24). The summed E-state index contributed by atoms with van der Waals surface area (Å²) in [6.45, 7) is 8.15. The minimum Gasteiger partial charge on any atom is -0.494 e. The van der Waals surface area contributed by atoms with Crippen LogP contribution < -0.4 is 10.1 Å². The molecule has 0 atom stereocenters. The van der Waals surface area contributed by atoms with Crippen LogP contribution in [0.3, 0.4) is 0 Å². The van der Waals surface area contributed by atoms with Gasteiger partial charge in [0.1, 0.15) is 11.9 Å². The fourth-order valence-corrected chi connectivity index (χ4v) is 3.20. The molecule has 1 aromatic rings. The van der Waals surface area contributed by atoms with Crippen LogP contribution in [-0.4, -0.2) is 43.3 Å². The van der Waals surface area contributed by atoms with Crippen LogP contribution >= 0.6 is 0 Å².